The Kier molecular flexibility index (Phi) is 12.1. The van der Waals surface area contributed by atoms with Crippen LogP contribution in [0.3, 0.4) is 0 Å². The standard InChI is InChI=1S/C28H12Br2I2O4S2.C24H8Br4O2S6/c1-9-3-5-11-13(7-9)33-21(17(11)31)25-15(29)19-27(37-25)23-24(35-19)28-20(36-23)16(30)26(38-28)22-18(32)12-6-4-10(2)8-14(12)34-22;1-5-3-7-13(29-5)9(25)15(31-7)17-11(27)19-21(33-17)23-24(35-19)22-20(36-23)12(28)18(34-22)16-10(26)14-8(32-16)4-6(2)30-14/h3-8H,1-2H3;3-4H,1-2H3. The molecule has 0 bridgehead atoms. The van der Waals surface area contributed by atoms with Crippen LogP contribution in [0.25, 0.3) is 143 Å². The van der Waals surface area contributed by atoms with Gasteiger partial charge in [0.2, 0.25) is 0 Å². The van der Waals surface area contributed by atoms with Gasteiger partial charge in [0.1, 0.15) is 32.1 Å². The maximum Gasteiger partial charge on any atom is 0.192 e. The van der Waals surface area contributed by atoms with E-state index >= 15 is 0 Å². The van der Waals surface area contributed by atoms with Gasteiger partial charge in [-0.05, 0) is 216 Å². The van der Waals surface area contributed by atoms with Crippen LogP contribution in [0.4, 0.5) is 0 Å². The number of rotatable bonds is 4. The predicted octanol–water partition coefficient (Wildman–Crippen LogP) is 26.6. The Hall–Kier alpha value is -1.34. The first-order valence-electron chi connectivity index (χ1n) is 21.9. The molecule has 14 heterocycles. The molecular formula is C52H20Br6I2O6S8. The third-order valence-electron chi connectivity index (χ3n) is 12.5. The molecule has 16 rings (SSSR count). The first-order chi connectivity index (χ1) is 35.6. The Labute approximate surface area is 526 Å². The molecule has 22 heteroatoms. The van der Waals surface area contributed by atoms with Gasteiger partial charge in [-0.25, -0.2) is 0 Å². The summed E-state index contributed by atoms with van der Waals surface area (Å²) in [5.74, 6) is 3.57. The minimum Gasteiger partial charge on any atom is -0.459 e. The quantitative estimate of drug-likeness (QED) is 0.163. The van der Waals surface area contributed by atoms with Crippen molar-refractivity contribution in [2.45, 2.75) is 27.7 Å². The lowest BCUT2D eigenvalue weighted by Crippen LogP contribution is -1.73. The average molecular weight is 1730 g/mol. The number of aryl methyl sites for hydroxylation is 4. The second kappa shape index (κ2) is 18.1. The van der Waals surface area contributed by atoms with Gasteiger partial charge in [-0.2, -0.15) is 0 Å². The molecule has 0 unspecified atom stereocenters. The lowest BCUT2D eigenvalue weighted by molar-refractivity contribution is 0.577. The smallest absolute Gasteiger partial charge is 0.192 e. The lowest BCUT2D eigenvalue weighted by Gasteiger charge is -1.96. The summed E-state index contributed by atoms with van der Waals surface area (Å²) in [6, 6.07) is 16.8. The molecule has 0 radical (unpaired) electrons. The summed E-state index contributed by atoms with van der Waals surface area (Å²) in [7, 11) is 0. The van der Waals surface area contributed by atoms with Crippen LogP contribution in [0.1, 0.15) is 22.6 Å². The fraction of sp³-hybridized carbons (Fsp3) is 0.0769. The number of furan rings is 6. The molecule has 14 aromatic heterocycles. The van der Waals surface area contributed by atoms with Gasteiger partial charge in [-0.1, -0.05) is 12.1 Å². The number of hydrogen-bond donors (Lipinski definition) is 0. The van der Waals surface area contributed by atoms with Crippen LogP contribution in [-0.2, 0) is 0 Å². The Bertz CT molecular complexity index is 4780. The Balaban J connectivity index is 0.000000131. The van der Waals surface area contributed by atoms with E-state index in [-0.39, 0.29) is 0 Å². The predicted molar refractivity (Wildman–Crippen MR) is 357 cm³/mol. The molecule has 16 aromatic rings. The van der Waals surface area contributed by atoms with E-state index in [1.165, 1.54) is 77.2 Å². The normalized spacial score (nSPS) is 12.6. The molecule has 0 spiro atoms. The fourth-order valence-corrected chi connectivity index (χ4v) is 27.5. The van der Waals surface area contributed by atoms with Crippen LogP contribution in [-0.4, -0.2) is 0 Å². The molecule has 0 aliphatic rings. The van der Waals surface area contributed by atoms with Crippen LogP contribution in [0.5, 0.6) is 0 Å². The summed E-state index contributed by atoms with van der Waals surface area (Å²) in [5, 5.41) is 2.22. The van der Waals surface area contributed by atoms with Crippen LogP contribution in [0.2, 0.25) is 0 Å². The van der Waals surface area contributed by atoms with Crippen molar-refractivity contribution in [3.05, 3.63) is 105 Å². The van der Waals surface area contributed by atoms with Crippen LogP contribution < -0.4 is 0 Å². The Morgan fingerprint density at radius 1 is 0.338 bits per heavy atom. The van der Waals surface area contributed by atoms with Crippen molar-refractivity contribution in [1.82, 2.24) is 0 Å². The summed E-state index contributed by atoms with van der Waals surface area (Å²) in [6.07, 6.45) is 0. The second-order valence-corrected chi connectivity index (χ2v) is 32.6. The molecule has 74 heavy (non-hydrogen) atoms. The molecule has 368 valence electrons. The van der Waals surface area contributed by atoms with E-state index in [1.807, 2.05) is 59.2 Å². The first kappa shape index (κ1) is 49.7. The Morgan fingerprint density at radius 2 is 0.703 bits per heavy atom. The zero-order chi connectivity index (χ0) is 50.7. The van der Waals surface area contributed by atoms with Crippen molar-refractivity contribution in [1.29, 1.82) is 0 Å². The van der Waals surface area contributed by atoms with E-state index in [0.29, 0.717) is 0 Å². The number of thiophene rings is 8. The molecule has 0 aliphatic carbocycles. The summed E-state index contributed by atoms with van der Waals surface area (Å²) in [4.78, 5) is 6.95. The lowest BCUT2D eigenvalue weighted by atomic mass is 10.2. The molecule has 0 aliphatic heterocycles. The topological polar surface area (TPSA) is 78.8 Å². The van der Waals surface area contributed by atoms with Crippen LogP contribution in [0.15, 0.2) is 102 Å². The van der Waals surface area contributed by atoms with Gasteiger partial charge in [0.25, 0.3) is 0 Å². The van der Waals surface area contributed by atoms with Crippen molar-refractivity contribution in [2.24, 2.45) is 0 Å². The number of benzene rings is 2. The van der Waals surface area contributed by atoms with Gasteiger partial charge in [0, 0.05) is 10.8 Å². The largest absolute Gasteiger partial charge is 0.459 e. The minimum atomic E-state index is 0.752. The first-order valence-corrected chi connectivity index (χ1v) is 35.3. The number of fused-ring (bicyclic) bond motifs is 14. The van der Waals surface area contributed by atoms with Crippen molar-refractivity contribution in [3.63, 3.8) is 0 Å². The summed E-state index contributed by atoms with van der Waals surface area (Å²) in [6.45, 7) is 8.13. The van der Waals surface area contributed by atoms with Gasteiger partial charge in [-0.15, -0.1) is 90.7 Å². The Morgan fingerprint density at radius 3 is 1.11 bits per heavy atom. The molecule has 0 fully saturated rings. The van der Waals surface area contributed by atoms with Gasteiger partial charge in [0.15, 0.2) is 45.0 Å². The van der Waals surface area contributed by atoms with E-state index in [2.05, 4.69) is 203 Å². The van der Waals surface area contributed by atoms with E-state index in [0.717, 1.165) is 123 Å². The minimum absolute atomic E-state index is 0.752. The number of halogens is 8. The third-order valence-corrected chi connectivity index (χ3v) is 31.8. The highest BCUT2D eigenvalue weighted by Crippen LogP contribution is 2.61. The fourth-order valence-electron chi connectivity index (χ4n) is 9.21. The maximum absolute atomic E-state index is 6.46. The van der Waals surface area contributed by atoms with Crippen molar-refractivity contribution in [2.75, 3.05) is 0 Å². The summed E-state index contributed by atoms with van der Waals surface area (Å²) in [5.41, 5.74) is 9.04. The molecule has 0 amide bonds. The van der Waals surface area contributed by atoms with Gasteiger partial charge < -0.3 is 26.5 Å². The van der Waals surface area contributed by atoms with Gasteiger partial charge in [-0.3, -0.25) is 0 Å². The molecule has 2 aromatic carbocycles. The zero-order valence-corrected chi connectivity index (χ0v) is 57.7. The van der Waals surface area contributed by atoms with Crippen molar-refractivity contribution >= 4 is 334 Å². The highest BCUT2D eigenvalue weighted by Gasteiger charge is 2.32. The summed E-state index contributed by atoms with van der Waals surface area (Å²) >= 11 is 42.2. The number of hydrogen-bond acceptors (Lipinski definition) is 14. The van der Waals surface area contributed by atoms with E-state index in [1.54, 1.807) is 45.3 Å². The van der Waals surface area contributed by atoms with Crippen molar-refractivity contribution in [3.8, 4) is 40.8 Å². The molecule has 0 N–H and O–H groups in total. The molecular weight excluding hydrogens is 1710 g/mol. The molecule has 0 saturated heterocycles. The van der Waals surface area contributed by atoms with E-state index in [9.17, 15) is 0 Å². The second-order valence-electron chi connectivity index (χ2n) is 17.4. The van der Waals surface area contributed by atoms with E-state index < -0.39 is 0 Å². The molecule has 0 saturated carbocycles. The monoisotopic (exact) mass is 1720 g/mol. The third kappa shape index (κ3) is 7.30. The molecule has 6 nitrogen and oxygen atoms in total. The zero-order valence-electron chi connectivity index (χ0n) is 37.4. The highest BCUT2D eigenvalue weighted by atomic mass is 127. The highest BCUT2D eigenvalue weighted by molar-refractivity contribution is 14.1. The van der Waals surface area contributed by atoms with Crippen LogP contribution in [0, 0.1) is 34.8 Å². The van der Waals surface area contributed by atoms with Crippen molar-refractivity contribution < 1.29 is 26.5 Å². The SMILES string of the molecule is Cc1cc2sc(-c3sc4c(sc5c6sc(-c7sc8cc(C)oc8c7Br)c(Br)c6sc45)c3Br)c(Br)c2o1.Cc1ccc2c(I)c(-c3sc4c(oc5c4oc4c(Br)c(-c6oc7cc(C)ccc7c6I)sc45)c3Br)oc2c1. The van der Waals surface area contributed by atoms with E-state index in [4.69, 9.17) is 26.5 Å². The van der Waals surface area contributed by atoms with Gasteiger partial charge >= 0.3 is 0 Å². The van der Waals surface area contributed by atoms with Gasteiger partial charge in [0.05, 0.1) is 101 Å². The maximum atomic E-state index is 6.46. The molecule has 0 atom stereocenters. The average Bonchev–Trinajstić information content (AvgIpc) is 4.23. The van der Waals surface area contributed by atoms with Crippen LogP contribution >= 0.6 is 231 Å². The summed E-state index contributed by atoms with van der Waals surface area (Å²) < 4.78 is 58.2.